The van der Waals surface area contributed by atoms with Gasteiger partial charge in [-0.2, -0.15) is 0 Å². The molecule has 1 aliphatic heterocycles. The van der Waals surface area contributed by atoms with Crippen molar-refractivity contribution in [3.63, 3.8) is 0 Å². The normalized spacial score (nSPS) is 16.1. The highest BCUT2D eigenvalue weighted by atomic mass is 35.5. The molecule has 0 aromatic heterocycles. The van der Waals surface area contributed by atoms with Crippen LogP contribution in [0.4, 0.5) is 5.69 Å². The monoisotopic (exact) mass is 417 g/mol. The maximum absolute atomic E-state index is 12.6. The average Bonchev–Trinajstić information content (AvgIpc) is 3.11. The molecule has 0 aliphatic carbocycles. The molecule has 9 heteroatoms. The Morgan fingerprint density at radius 2 is 2.04 bits per heavy atom. The van der Waals surface area contributed by atoms with E-state index in [-0.39, 0.29) is 11.6 Å². The maximum Gasteiger partial charge on any atom is 0.243 e. The molecule has 152 valence electrons. The number of carbonyl (C=O) groups excluding carboxylic acids is 1. The molecule has 1 fully saturated rings. The zero-order valence-corrected chi connectivity index (χ0v) is 17.6. The van der Waals surface area contributed by atoms with Crippen molar-refractivity contribution in [1.82, 2.24) is 10.2 Å². The van der Waals surface area contributed by atoms with Gasteiger partial charge in [0.05, 0.1) is 19.1 Å². The Bertz CT molecular complexity index is 751. The molecule has 1 saturated heterocycles. The number of nitrogens with zero attached hydrogens (tertiary/aromatic N) is 2. The Morgan fingerprint density at radius 1 is 1.37 bits per heavy atom. The van der Waals surface area contributed by atoms with Crippen molar-refractivity contribution >= 4 is 33.2 Å². The second-order valence-corrected chi connectivity index (χ2v) is 9.04. The van der Waals surface area contributed by atoms with Gasteiger partial charge < -0.3 is 15.0 Å². The third-order valence-electron chi connectivity index (χ3n) is 4.62. The van der Waals surface area contributed by atoms with E-state index in [1.54, 1.807) is 19.1 Å². The van der Waals surface area contributed by atoms with E-state index in [1.807, 2.05) is 0 Å². The fourth-order valence-electron chi connectivity index (χ4n) is 3.28. The number of anilines is 1. The van der Waals surface area contributed by atoms with E-state index < -0.39 is 16.1 Å². The molecule has 1 aliphatic rings. The number of hydrogen-bond donors (Lipinski definition) is 1. The van der Waals surface area contributed by atoms with Gasteiger partial charge >= 0.3 is 0 Å². The average molecular weight is 418 g/mol. The molecule has 2 rings (SSSR count). The van der Waals surface area contributed by atoms with Gasteiger partial charge in [0.25, 0.3) is 0 Å². The Kier molecular flexibility index (Phi) is 7.76. The lowest BCUT2D eigenvalue weighted by molar-refractivity contribution is -0.121. The number of methoxy groups -OCH3 is 1. The first-order chi connectivity index (χ1) is 12.7. The maximum atomic E-state index is 12.6. The van der Waals surface area contributed by atoms with Crippen LogP contribution in [0.3, 0.4) is 0 Å². The standard InChI is InChI=1S/C18H28ClN3O4S/c1-14(18(23)20-9-6-12-21-10-4-5-11-21)22(27(3,24)25)16-13-15(19)7-8-17(16)26-2/h7-8,13-14H,4-6,9-12H2,1-3H3,(H,20,23)/t14-/m0/s1. The summed E-state index contributed by atoms with van der Waals surface area (Å²) in [6.07, 6.45) is 4.35. The van der Waals surface area contributed by atoms with Gasteiger partial charge in [0.1, 0.15) is 11.8 Å². The molecule has 1 heterocycles. The molecule has 1 aromatic rings. The lowest BCUT2D eigenvalue weighted by Gasteiger charge is -2.29. The van der Waals surface area contributed by atoms with Gasteiger partial charge in [-0.1, -0.05) is 11.6 Å². The zero-order valence-electron chi connectivity index (χ0n) is 16.1. The van der Waals surface area contributed by atoms with Gasteiger partial charge in [0, 0.05) is 11.6 Å². The topological polar surface area (TPSA) is 79.0 Å². The fraction of sp³-hybridized carbons (Fsp3) is 0.611. The van der Waals surface area contributed by atoms with Gasteiger partial charge in [0.2, 0.25) is 15.9 Å². The van der Waals surface area contributed by atoms with Crippen molar-refractivity contribution < 1.29 is 17.9 Å². The summed E-state index contributed by atoms with van der Waals surface area (Å²) >= 11 is 6.03. The number of hydrogen-bond acceptors (Lipinski definition) is 5. The van der Waals surface area contributed by atoms with Gasteiger partial charge in [-0.15, -0.1) is 0 Å². The molecule has 0 bridgehead atoms. The number of carbonyl (C=O) groups is 1. The van der Waals surface area contributed by atoms with Gasteiger partial charge in [-0.3, -0.25) is 9.10 Å². The first kappa shape index (κ1) is 21.8. The van der Waals surface area contributed by atoms with Crippen molar-refractivity contribution in [2.24, 2.45) is 0 Å². The molecule has 0 saturated carbocycles. The van der Waals surface area contributed by atoms with Crippen LogP contribution in [-0.4, -0.2) is 64.8 Å². The van der Waals surface area contributed by atoms with Crippen molar-refractivity contribution in [3.8, 4) is 5.75 Å². The van der Waals surface area contributed by atoms with E-state index in [2.05, 4.69) is 10.2 Å². The summed E-state index contributed by atoms with van der Waals surface area (Å²) in [5.41, 5.74) is 0.243. The lowest BCUT2D eigenvalue weighted by atomic mass is 10.2. The molecule has 7 nitrogen and oxygen atoms in total. The van der Waals surface area contributed by atoms with Gasteiger partial charge in [-0.05, 0) is 64.0 Å². The summed E-state index contributed by atoms with van der Waals surface area (Å²) in [6, 6.07) is 3.74. The van der Waals surface area contributed by atoms with Crippen LogP contribution in [0.2, 0.25) is 5.02 Å². The quantitative estimate of drug-likeness (QED) is 0.622. The van der Waals surface area contributed by atoms with Gasteiger partial charge in [0.15, 0.2) is 0 Å². The lowest BCUT2D eigenvalue weighted by Crippen LogP contribution is -2.48. The highest BCUT2D eigenvalue weighted by molar-refractivity contribution is 7.92. The third kappa shape index (κ3) is 5.99. The molecule has 27 heavy (non-hydrogen) atoms. The van der Waals surface area contributed by atoms with Crippen molar-refractivity contribution in [2.75, 3.05) is 43.8 Å². The number of sulfonamides is 1. The Balaban J connectivity index is 2.07. The second-order valence-electron chi connectivity index (χ2n) is 6.74. The predicted octanol–water partition coefficient (Wildman–Crippen LogP) is 2.11. The Hall–Kier alpha value is -1.51. The van der Waals surface area contributed by atoms with Crippen LogP contribution in [0, 0.1) is 0 Å². The van der Waals surface area contributed by atoms with E-state index in [9.17, 15) is 13.2 Å². The first-order valence-corrected chi connectivity index (χ1v) is 11.3. The highest BCUT2D eigenvalue weighted by Gasteiger charge is 2.31. The third-order valence-corrected chi connectivity index (χ3v) is 6.08. The molecule has 1 amide bonds. The molecule has 1 atom stereocenters. The van der Waals surface area contributed by atoms with Crippen LogP contribution in [0.25, 0.3) is 0 Å². The molecule has 1 aromatic carbocycles. The number of rotatable bonds is 9. The van der Waals surface area contributed by atoms with E-state index in [0.717, 1.165) is 36.6 Å². The summed E-state index contributed by atoms with van der Waals surface area (Å²) in [4.78, 5) is 15.0. The second kappa shape index (κ2) is 9.61. The summed E-state index contributed by atoms with van der Waals surface area (Å²) in [6.45, 7) is 5.22. The summed E-state index contributed by atoms with van der Waals surface area (Å²) in [5, 5.41) is 3.19. The SMILES string of the molecule is COc1ccc(Cl)cc1N([C@@H](C)C(=O)NCCCN1CCCC1)S(C)(=O)=O. The largest absolute Gasteiger partial charge is 0.495 e. The Labute approximate surface area is 166 Å². The molecular weight excluding hydrogens is 390 g/mol. The van der Waals surface area contributed by atoms with Crippen LogP contribution in [-0.2, 0) is 14.8 Å². The molecule has 0 unspecified atom stereocenters. The van der Waals surface area contributed by atoms with E-state index in [0.29, 0.717) is 17.3 Å². The fourth-order valence-corrected chi connectivity index (χ4v) is 4.62. The van der Waals surface area contributed by atoms with Crippen molar-refractivity contribution in [1.29, 1.82) is 0 Å². The van der Waals surface area contributed by atoms with E-state index in [4.69, 9.17) is 16.3 Å². The number of nitrogens with one attached hydrogen (secondary N) is 1. The van der Waals surface area contributed by atoms with Crippen LogP contribution in [0.15, 0.2) is 18.2 Å². The molecular formula is C18H28ClN3O4S. The van der Waals surface area contributed by atoms with Crippen LogP contribution in [0.1, 0.15) is 26.2 Å². The molecule has 0 spiro atoms. The van der Waals surface area contributed by atoms with Gasteiger partial charge in [-0.25, -0.2) is 8.42 Å². The highest BCUT2D eigenvalue weighted by Crippen LogP contribution is 2.34. The zero-order chi connectivity index (χ0) is 20.0. The summed E-state index contributed by atoms with van der Waals surface area (Å²) in [7, 11) is -2.29. The van der Waals surface area contributed by atoms with Crippen LogP contribution in [0.5, 0.6) is 5.75 Å². The van der Waals surface area contributed by atoms with Crippen molar-refractivity contribution in [2.45, 2.75) is 32.2 Å². The minimum Gasteiger partial charge on any atom is -0.495 e. The van der Waals surface area contributed by atoms with Crippen LogP contribution < -0.4 is 14.4 Å². The number of likely N-dealkylation sites (tertiary alicyclic amines) is 1. The van der Waals surface area contributed by atoms with E-state index >= 15 is 0 Å². The smallest absolute Gasteiger partial charge is 0.243 e. The molecule has 0 radical (unpaired) electrons. The Morgan fingerprint density at radius 3 is 2.63 bits per heavy atom. The number of halogens is 1. The summed E-state index contributed by atoms with van der Waals surface area (Å²) < 4.78 is 31.1. The summed E-state index contributed by atoms with van der Waals surface area (Å²) in [5.74, 6) is -0.0256. The molecule has 1 N–H and O–H groups in total. The predicted molar refractivity (Wildman–Crippen MR) is 108 cm³/mol. The minimum atomic E-state index is -3.73. The first-order valence-electron chi connectivity index (χ1n) is 9.07. The van der Waals surface area contributed by atoms with Crippen molar-refractivity contribution in [3.05, 3.63) is 23.2 Å². The number of amides is 1. The number of ether oxygens (including phenoxy) is 1. The number of benzene rings is 1. The van der Waals surface area contributed by atoms with E-state index in [1.165, 1.54) is 26.0 Å². The van der Waals surface area contributed by atoms with Crippen LogP contribution >= 0.6 is 11.6 Å². The minimum absolute atomic E-state index is 0.243.